The molecule has 0 aromatic heterocycles. The molecule has 0 spiro atoms. The molecule has 0 saturated heterocycles. The van der Waals surface area contributed by atoms with Crippen molar-refractivity contribution in [1.82, 2.24) is 0 Å². The highest BCUT2D eigenvalue weighted by atomic mass is 31.2. The molecule has 0 radical (unpaired) electrons. The third-order valence-corrected chi connectivity index (χ3v) is 3.14. The molecule has 1 aromatic rings. The molecule has 5 heteroatoms. The highest BCUT2D eigenvalue weighted by molar-refractivity contribution is 7.55. The van der Waals surface area contributed by atoms with Crippen LogP contribution in [0.2, 0.25) is 0 Å². The van der Waals surface area contributed by atoms with Gasteiger partial charge >= 0.3 is 8.17 Å². The van der Waals surface area contributed by atoms with Crippen molar-refractivity contribution in [2.75, 3.05) is 7.11 Å². The Hall–Kier alpha value is -0.670. The van der Waals surface area contributed by atoms with Crippen LogP contribution in [0.3, 0.4) is 0 Å². The van der Waals surface area contributed by atoms with E-state index >= 15 is 0 Å². The maximum atomic E-state index is 9.57. The molecule has 1 atom stereocenters. The second kappa shape index (κ2) is 3.24. The van der Waals surface area contributed by atoms with Crippen LogP contribution in [-0.2, 0) is 15.7 Å². The number of rotatable bonds is 1. The summed E-state index contributed by atoms with van der Waals surface area (Å²) in [5.74, 6) is 0.631. The Balaban J connectivity index is 2.29. The van der Waals surface area contributed by atoms with Gasteiger partial charge in [0.1, 0.15) is 6.61 Å². The van der Waals surface area contributed by atoms with Gasteiger partial charge in [0.25, 0.3) is 0 Å². The predicted molar refractivity (Wildman–Crippen MR) is 48.0 cm³/mol. The normalized spacial score (nSPS) is 26.3. The largest absolute Gasteiger partial charge is 0.619 e. The van der Waals surface area contributed by atoms with E-state index in [1.165, 1.54) is 7.11 Å². The van der Waals surface area contributed by atoms with Crippen LogP contribution < -0.4 is 4.52 Å². The first-order chi connectivity index (χ1) is 6.23. The maximum Gasteiger partial charge on any atom is 0.619 e. The zero-order valence-corrected chi connectivity index (χ0v) is 8.03. The quantitative estimate of drug-likeness (QED) is 0.705. The zero-order valence-electron chi connectivity index (χ0n) is 7.14. The molecule has 13 heavy (non-hydrogen) atoms. The highest BCUT2D eigenvalue weighted by Crippen LogP contribution is 2.60. The van der Waals surface area contributed by atoms with Gasteiger partial charge < -0.3 is 0 Å². The van der Waals surface area contributed by atoms with Crippen LogP contribution in [0.4, 0.5) is 0 Å². The summed E-state index contributed by atoms with van der Waals surface area (Å²) in [7, 11) is -1.71. The van der Waals surface area contributed by atoms with Gasteiger partial charge in [-0.1, -0.05) is 18.2 Å². The smallest absolute Gasteiger partial charge is 0.260 e. The van der Waals surface area contributed by atoms with Gasteiger partial charge in [-0.3, -0.25) is 4.52 Å². The fraction of sp³-hybridized carbons (Fsp3) is 0.250. The standard InChI is InChI=1S/C8H10O4P/c1-10-13(9)11-6-7-4-2-3-5-8(7)12-13/h2-5,9H,6H2,1H3/q+1. The Morgan fingerprint density at radius 2 is 2.23 bits per heavy atom. The summed E-state index contributed by atoms with van der Waals surface area (Å²) >= 11 is 0. The molecule has 4 nitrogen and oxygen atoms in total. The van der Waals surface area contributed by atoms with Crippen LogP contribution in [0.25, 0.3) is 0 Å². The van der Waals surface area contributed by atoms with Gasteiger partial charge in [0.15, 0.2) is 5.75 Å². The third kappa shape index (κ3) is 1.67. The van der Waals surface area contributed by atoms with Crippen LogP contribution in [0.15, 0.2) is 24.3 Å². The highest BCUT2D eigenvalue weighted by Gasteiger charge is 2.48. The molecule has 1 unspecified atom stereocenters. The molecule has 0 saturated carbocycles. The van der Waals surface area contributed by atoms with E-state index in [1.807, 2.05) is 18.2 Å². The van der Waals surface area contributed by atoms with E-state index in [9.17, 15) is 4.89 Å². The summed E-state index contributed by atoms with van der Waals surface area (Å²) in [5.41, 5.74) is 0.921. The summed E-state index contributed by atoms with van der Waals surface area (Å²) in [4.78, 5) is 9.57. The summed E-state index contributed by atoms with van der Waals surface area (Å²) in [6, 6.07) is 7.39. The first-order valence-electron chi connectivity index (χ1n) is 3.83. The van der Waals surface area contributed by atoms with Crippen molar-refractivity contribution in [2.24, 2.45) is 0 Å². The second-order valence-electron chi connectivity index (χ2n) is 2.62. The minimum Gasteiger partial charge on any atom is -0.260 e. The van der Waals surface area contributed by atoms with Gasteiger partial charge in [0.05, 0.1) is 7.11 Å². The van der Waals surface area contributed by atoms with E-state index in [0.29, 0.717) is 12.4 Å². The second-order valence-corrected chi connectivity index (χ2v) is 4.37. The Labute approximate surface area is 76.7 Å². The average Bonchev–Trinajstić information content (AvgIpc) is 2.18. The monoisotopic (exact) mass is 201 g/mol. The van der Waals surface area contributed by atoms with Gasteiger partial charge in [-0.25, -0.2) is 0 Å². The van der Waals surface area contributed by atoms with Crippen LogP contribution in [-0.4, -0.2) is 12.0 Å². The van der Waals surface area contributed by atoms with Crippen molar-refractivity contribution in [2.45, 2.75) is 6.61 Å². The van der Waals surface area contributed by atoms with E-state index < -0.39 is 8.17 Å². The number of para-hydroxylation sites is 1. The molecular formula is C8H10O4P+. The lowest BCUT2D eigenvalue weighted by Gasteiger charge is -2.19. The van der Waals surface area contributed by atoms with Crippen molar-refractivity contribution < 1.29 is 18.5 Å². The molecule has 1 heterocycles. The van der Waals surface area contributed by atoms with Crippen molar-refractivity contribution in [3.05, 3.63) is 29.8 Å². The fourth-order valence-electron chi connectivity index (χ4n) is 1.10. The SMILES string of the molecule is CO[P+]1(O)OCc2ccccc2O1. The van der Waals surface area contributed by atoms with E-state index in [4.69, 9.17) is 13.6 Å². The van der Waals surface area contributed by atoms with Crippen LogP contribution in [0.5, 0.6) is 5.75 Å². The number of hydrogen-bond acceptors (Lipinski definition) is 4. The van der Waals surface area contributed by atoms with Crippen LogP contribution in [0, 0.1) is 0 Å². The molecular weight excluding hydrogens is 191 g/mol. The Kier molecular flexibility index (Phi) is 2.22. The molecule has 2 rings (SSSR count). The first kappa shape index (κ1) is 8.91. The molecule has 0 aliphatic carbocycles. The minimum atomic E-state index is -3.08. The molecule has 0 amide bonds. The number of hydrogen-bond donors (Lipinski definition) is 1. The summed E-state index contributed by atoms with van der Waals surface area (Å²) < 4.78 is 15.0. The Morgan fingerprint density at radius 3 is 3.00 bits per heavy atom. The van der Waals surface area contributed by atoms with Gasteiger partial charge in [0.2, 0.25) is 0 Å². The minimum absolute atomic E-state index is 0.328. The van der Waals surface area contributed by atoms with E-state index in [-0.39, 0.29) is 0 Å². The summed E-state index contributed by atoms with van der Waals surface area (Å²) in [6.07, 6.45) is 0. The summed E-state index contributed by atoms with van der Waals surface area (Å²) in [5, 5.41) is 0. The first-order valence-corrected chi connectivity index (χ1v) is 5.33. The van der Waals surface area contributed by atoms with Gasteiger partial charge in [-0.05, 0) is 6.07 Å². The van der Waals surface area contributed by atoms with Crippen molar-refractivity contribution in [1.29, 1.82) is 0 Å². The molecule has 0 bridgehead atoms. The van der Waals surface area contributed by atoms with Crippen LogP contribution in [0.1, 0.15) is 5.56 Å². The summed E-state index contributed by atoms with van der Waals surface area (Å²) in [6.45, 7) is 0.328. The lowest BCUT2D eigenvalue weighted by atomic mass is 10.2. The Morgan fingerprint density at radius 1 is 1.46 bits per heavy atom. The van der Waals surface area contributed by atoms with E-state index in [2.05, 4.69) is 0 Å². The Bertz CT molecular complexity index is 317. The predicted octanol–water partition coefficient (Wildman–Crippen LogP) is 1.91. The van der Waals surface area contributed by atoms with Crippen molar-refractivity contribution in [3.8, 4) is 5.75 Å². The fourth-order valence-corrected chi connectivity index (χ4v) is 2.07. The third-order valence-electron chi connectivity index (χ3n) is 1.80. The van der Waals surface area contributed by atoms with Gasteiger partial charge in [-0.15, -0.1) is 9.05 Å². The van der Waals surface area contributed by atoms with Crippen LogP contribution >= 0.6 is 8.17 Å². The van der Waals surface area contributed by atoms with Gasteiger partial charge in [0, 0.05) is 5.56 Å². The maximum absolute atomic E-state index is 9.57. The van der Waals surface area contributed by atoms with Crippen molar-refractivity contribution in [3.63, 3.8) is 0 Å². The molecule has 0 fully saturated rings. The topological polar surface area (TPSA) is 47.9 Å². The molecule has 1 N–H and O–H groups in total. The van der Waals surface area contributed by atoms with Gasteiger partial charge in [-0.2, -0.15) is 4.89 Å². The molecule has 1 aliphatic rings. The van der Waals surface area contributed by atoms with E-state index in [1.54, 1.807) is 6.07 Å². The lowest BCUT2D eigenvalue weighted by molar-refractivity contribution is 0.122. The molecule has 1 aliphatic heterocycles. The molecule has 1 aromatic carbocycles. The zero-order chi connectivity index (χ0) is 9.31. The van der Waals surface area contributed by atoms with E-state index in [0.717, 1.165) is 5.56 Å². The van der Waals surface area contributed by atoms with Crippen molar-refractivity contribution >= 4 is 8.17 Å². The number of benzene rings is 1. The number of fused-ring (bicyclic) bond motifs is 1. The molecule has 70 valence electrons. The average molecular weight is 201 g/mol. The lowest BCUT2D eigenvalue weighted by Crippen LogP contribution is -2.13.